The van der Waals surface area contributed by atoms with Crippen LogP contribution in [0.3, 0.4) is 0 Å². The van der Waals surface area contributed by atoms with Crippen molar-refractivity contribution in [2.75, 3.05) is 0 Å². The van der Waals surface area contributed by atoms with Crippen LogP contribution in [0.15, 0.2) is 30.3 Å². The van der Waals surface area contributed by atoms with Crippen LogP contribution < -0.4 is 21.7 Å². The highest BCUT2D eigenvalue weighted by Gasteiger charge is 2.33. The Morgan fingerprint density at radius 2 is 1.43 bits per heavy atom. The van der Waals surface area contributed by atoms with Crippen LogP contribution in [0.25, 0.3) is 0 Å². The largest absolute Gasteiger partial charge is 0.481 e. The molecule has 0 saturated carbocycles. The molecular weight excluding hydrogens is 488 g/mol. The molecule has 8 N–H and O–H groups in total. The van der Waals surface area contributed by atoms with E-state index in [9.17, 15) is 39.0 Å². The van der Waals surface area contributed by atoms with Crippen molar-refractivity contribution in [3.05, 3.63) is 35.9 Å². The van der Waals surface area contributed by atoms with Crippen LogP contribution in [0.1, 0.15) is 45.1 Å². The van der Waals surface area contributed by atoms with Gasteiger partial charge in [0.15, 0.2) is 0 Å². The van der Waals surface area contributed by atoms with E-state index in [0.29, 0.717) is 6.42 Å². The number of carboxylic acids is 3. The maximum atomic E-state index is 13.0. The molecule has 0 radical (unpaired) electrons. The predicted octanol–water partition coefficient (Wildman–Crippen LogP) is -0.519. The fourth-order valence-electron chi connectivity index (χ4n) is 3.37. The number of nitrogens with one attached hydrogen (secondary N) is 3. The number of amides is 3. The Kier molecular flexibility index (Phi) is 12.7. The molecule has 1 rings (SSSR count). The molecule has 0 spiro atoms. The molecule has 13 heteroatoms. The molecule has 13 nitrogen and oxygen atoms in total. The molecule has 1 aromatic rings. The third-order valence-electron chi connectivity index (χ3n) is 5.70. The minimum atomic E-state index is -1.56. The molecule has 0 bridgehead atoms. The molecule has 0 saturated heterocycles. The first-order valence-corrected chi connectivity index (χ1v) is 11.7. The number of hydrogen-bond donors (Lipinski definition) is 7. The highest BCUT2D eigenvalue weighted by molar-refractivity contribution is 5.95. The van der Waals surface area contributed by atoms with Crippen molar-refractivity contribution < 1.29 is 44.1 Å². The first-order chi connectivity index (χ1) is 17.3. The Bertz CT molecular complexity index is 970. The lowest BCUT2D eigenvalue weighted by Crippen LogP contribution is -2.59. The predicted molar refractivity (Wildman–Crippen MR) is 130 cm³/mol. The lowest BCUT2D eigenvalue weighted by atomic mass is 9.97. The summed E-state index contributed by atoms with van der Waals surface area (Å²) in [7, 11) is 0. The first kappa shape index (κ1) is 31.0. The second-order valence-corrected chi connectivity index (χ2v) is 8.66. The zero-order valence-electron chi connectivity index (χ0n) is 20.7. The van der Waals surface area contributed by atoms with Crippen molar-refractivity contribution in [3.8, 4) is 0 Å². The van der Waals surface area contributed by atoms with Gasteiger partial charge < -0.3 is 37.0 Å². The minimum absolute atomic E-state index is 0.138. The number of aliphatic carboxylic acids is 3. The zero-order chi connectivity index (χ0) is 28.1. The molecule has 0 fully saturated rings. The van der Waals surface area contributed by atoms with Crippen molar-refractivity contribution >= 4 is 35.6 Å². The van der Waals surface area contributed by atoms with Crippen LogP contribution in [-0.2, 0) is 35.2 Å². The monoisotopic (exact) mass is 522 g/mol. The van der Waals surface area contributed by atoms with Gasteiger partial charge in [-0.15, -0.1) is 0 Å². The van der Waals surface area contributed by atoms with E-state index < -0.39 is 78.6 Å². The molecular formula is C24H34N4O9. The lowest BCUT2D eigenvalue weighted by Gasteiger charge is -2.27. The van der Waals surface area contributed by atoms with Gasteiger partial charge in [0.2, 0.25) is 17.7 Å². The second-order valence-electron chi connectivity index (χ2n) is 8.66. The van der Waals surface area contributed by atoms with Crippen molar-refractivity contribution in [3.63, 3.8) is 0 Å². The molecule has 204 valence electrons. The first-order valence-electron chi connectivity index (χ1n) is 11.7. The molecule has 0 aliphatic carbocycles. The molecule has 37 heavy (non-hydrogen) atoms. The summed E-state index contributed by atoms with van der Waals surface area (Å²) < 4.78 is 0. The summed E-state index contributed by atoms with van der Waals surface area (Å²) in [5.41, 5.74) is 6.69. The maximum Gasteiger partial charge on any atom is 0.326 e. The Labute approximate surface area is 213 Å². The van der Waals surface area contributed by atoms with E-state index in [4.69, 9.17) is 10.8 Å². The summed E-state index contributed by atoms with van der Waals surface area (Å²) in [6.07, 6.45) is -1.16. The molecule has 1 aromatic carbocycles. The smallest absolute Gasteiger partial charge is 0.326 e. The minimum Gasteiger partial charge on any atom is -0.481 e. The number of carboxylic acid groups (broad SMARTS) is 3. The van der Waals surface area contributed by atoms with Gasteiger partial charge in [-0.25, -0.2) is 4.79 Å². The van der Waals surface area contributed by atoms with E-state index in [-0.39, 0.29) is 12.8 Å². The molecule has 0 aromatic heterocycles. The van der Waals surface area contributed by atoms with E-state index >= 15 is 0 Å². The summed E-state index contributed by atoms with van der Waals surface area (Å²) in [6.45, 7) is 3.33. The molecule has 0 heterocycles. The number of nitrogens with two attached hydrogens (primary N) is 1. The summed E-state index contributed by atoms with van der Waals surface area (Å²) in [5, 5.41) is 34.3. The van der Waals surface area contributed by atoms with Gasteiger partial charge in [0, 0.05) is 6.42 Å². The highest BCUT2D eigenvalue weighted by Crippen LogP contribution is 2.11. The Morgan fingerprint density at radius 3 is 1.95 bits per heavy atom. The van der Waals surface area contributed by atoms with Gasteiger partial charge in [0.25, 0.3) is 0 Å². The summed E-state index contributed by atoms with van der Waals surface area (Å²) in [5.74, 6) is -7.23. The number of hydrogen-bond acceptors (Lipinski definition) is 7. The van der Waals surface area contributed by atoms with Crippen molar-refractivity contribution in [2.24, 2.45) is 11.7 Å². The number of rotatable bonds is 16. The standard InChI is InChI=1S/C24H34N4O9/c1-3-13(2)20(23(35)26-16(24(36)37)9-10-18(29)30)28-22(34)17(12-19(31)32)27-21(33)15(25)11-14-7-5-4-6-8-14/h4-8,13,15-17,20H,3,9-12,25H2,1-2H3,(H,26,35)(H,27,33)(H,28,34)(H,29,30)(H,31,32)(H,36,37). The second kappa shape index (κ2) is 15.2. The van der Waals surface area contributed by atoms with Crippen LogP contribution in [0, 0.1) is 5.92 Å². The quantitative estimate of drug-likeness (QED) is 0.147. The third kappa shape index (κ3) is 11.1. The van der Waals surface area contributed by atoms with Gasteiger partial charge in [0.05, 0.1) is 12.5 Å². The van der Waals surface area contributed by atoms with E-state index in [1.54, 1.807) is 44.2 Å². The van der Waals surface area contributed by atoms with Crippen LogP contribution in [0.5, 0.6) is 0 Å². The number of carbonyl (C=O) groups is 6. The maximum absolute atomic E-state index is 13.0. The van der Waals surface area contributed by atoms with Crippen LogP contribution in [-0.4, -0.2) is 75.1 Å². The van der Waals surface area contributed by atoms with E-state index in [1.807, 2.05) is 0 Å². The molecule has 5 unspecified atom stereocenters. The molecule has 0 aliphatic rings. The van der Waals surface area contributed by atoms with E-state index in [2.05, 4.69) is 16.0 Å². The SMILES string of the molecule is CCC(C)C(NC(=O)C(CC(=O)O)NC(=O)C(N)Cc1ccccc1)C(=O)NC(CCC(=O)O)C(=O)O. The lowest BCUT2D eigenvalue weighted by molar-refractivity contribution is -0.144. The average molecular weight is 523 g/mol. The van der Waals surface area contributed by atoms with Crippen LogP contribution in [0.2, 0.25) is 0 Å². The van der Waals surface area contributed by atoms with Gasteiger partial charge in [0.1, 0.15) is 18.1 Å². The summed E-state index contributed by atoms with van der Waals surface area (Å²) in [6, 6.07) is 3.38. The topological polar surface area (TPSA) is 225 Å². The van der Waals surface area contributed by atoms with Crippen LogP contribution in [0.4, 0.5) is 0 Å². The third-order valence-corrected chi connectivity index (χ3v) is 5.70. The molecule has 3 amide bonds. The van der Waals surface area contributed by atoms with Crippen molar-refractivity contribution in [2.45, 2.75) is 70.1 Å². The van der Waals surface area contributed by atoms with Gasteiger partial charge >= 0.3 is 17.9 Å². The Balaban J connectivity index is 2.99. The summed E-state index contributed by atoms with van der Waals surface area (Å²) >= 11 is 0. The van der Waals surface area contributed by atoms with E-state index in [0.717, 1.165) is 5.56 Å². The fraction of sp³-hybridized carbons (Fsp3) is 0.500. The Hall–Kier alpha value is -4.00. The molecule has 0 aliphatic heterocycles. The van der Waals surface area contributed by atoms with Gasteiger partial charge in [-0.1, -0.05) is 50.6 Å². The van der Waals surface area contributed by atoms with Gasteiger partial charge in [-0.3, -0.25) is 24.0 Å². The van der Waals surface area contributed by atoms with Crippen LogP contribution >= 0.6 is 0 Å². The fourth-order valence-corrected chi connectivity index (χ4v) is 3.37. The number of carbonyl (C=O) groups excluding carboxylic acids is 3. The van der Waals surface area contributed by atoms with Crippen molar-refractivity contribution in [1.29, 1.82) is 0 Å². The normalized spacial score (nSPS) is 14.8. The Morgan fingerprint density at radius 1 is 0.838 bits per heavy atom. The van der Waals surface area contributed by atoms with Crippen molar-refractivity contribution in [1.82, 2.24) is 16.0 Å². The number of benzene rings is 1. The highest BCUT2D eigenvalue weighted by atomic mass is 16.4. The zero-order valence-corrected chi connectivity index (χ0v) is 20.7. The van der Waals surface area contributed by atoms with Gasteiger partial charge in [-0.2, -0.15) is 0 Å². The average Bonchev–Trinajstić information content (AvgIpc) is 2.83. The summed E-state index contributed by atoms with van der Waals surface area (Å²) in [4.78, 5) is 72.0. The molecule has 5 atom stereocenters. The van der Waals surface area contributed by atoms with Gasteiger partial charge in [-0.05, 0) is 24.3 Å². The van der Waals surface area contributed by atoms with E-state index in [1.165, 1.54) is 0 Å².